The van der Waals surface area contributed by atoms with E-state index in [1.54, 1.807) is 6.92 Å². The number of hydrogen-bond acceptors (Lipinski definition) is 5. The van der Waals surface area contributed by atoms with Crippen molar-refractivity contribution in [2.45, 2.75) is 6.92 Å². The molecule has 1 aliphatic heterocycles. The van der Waals surface area contributed by atoms with Crippen molar-refractivity contribution in [3.63, 3.8) is 0 Å². The second-order valence-electron chi connectivity index (χ2n) is 3.92. The topological polar surface area (TPSA) is 43.4 Å². The Balaban J connectivity index is 2.36. The van der Waals surface area contributed by atoms with Gasteiger partial charge in [-0.2, -0.15) is 0 Å². The third-order valence-electron chi connectivity index (χ3n) is 2.57. The Morgan fingerprint density at radius 2 is 1.80 bits per heavy atom. The van der Waals surface area contributed by atoms with E-state index >= 15 is 0 Å². The fourth-order valence-electron chi connectivity index (χ4n) is 1.67. The lowest BCUT2D eigenvalue weighted by atomic mass is 10.0. The zero-order chi connectivity index (χ0) is 14.5. The van der Waals surface area contributed by atoms with Crippen LogP contribution in [0.2, 0.25) is 0 Å². The molecule has 1 aromatic rings. The van der Waals surface area contributed by atoms with Crippen LogP contribution in [0.5, 0.6) is 0 Å². The summed E-state index contributed by atoms with van der Waals surface area (Å²) in [6, 6.07) is 5.16. The van der Waals surface area contributed by atoms with Crippen molar-refractivity contribution in [1.29, 1.82) is 0 Å². The first kappa shape index (κ1) is 15.1. The molecule has 1 aromatic carbocycles. The van der Waals surface area contributed by atoms with Gasteiger partial charge in [0.2, 0.25) is 5.78 Å². The number of ketones is 1. The van der Waals surface area contributed by atoms with E-state index in [1.165, 1.54) is 47.8 Å². The quantitative estimate of drug-likeness (QED) is 0.281. The fraction of sp³-hybridized carbons (Fsp3) is 0.286. The van der Waals surface area contributed by atoms with E-state index in [1.807, 2.05) is 0 Å². The molecule has 1 heterocycles. The van der Waals surface area contributed by atoms with Gasteiger partial charge in [0.05, 0.1) is 10.8 Å². The van der Waals surface area contributed by atoms with Gasteiger partial charge in [0.25, 0.3) is 0 Å². The molecule has 0 radical (unpaired) electrons. The molecule has 0 bridgehead atoms. The number of carbonyl (C=O) groups is 2. The molecular formula is C14H13FO3S2. The maximum absolute atomic E-state index is 12.9. The van der Waals surface area contributed by atoms with E-state index in [2.05, 4.69) is 0 Å². The van der Waals surface area contributed by atoms with Crippen molar-refractivity contribution < 1.29 is 18.7 Å². The monoisotopic (exact) mass is 312 g/mol. The molecule has 0 unspecified atom stereocenters. The van der Waals surface area contributed by atoms with Crippen molar-refractivity contribution >= 4 is 35.3 Å². The van der Waals surface area contributed by atoms with Crippen LogP contribution in [0, 0.1) is 5.82 Å². The minimum Gasteiger partial charge on any atom is -0.462 e. The molecule has 1 fully saturated rings. The zero-order valence-electron chi connectivity index (χ0n) is 10.8. The number of hydrogen-bond donors (Lipinski definition) is 0. The molecule has 0 saturated carbocycles. The van der Waals surface area contributed by atoms with Crippen LogP contribution in [0.25, 0.3) is 0 Å². The largest absolute Gasteiger partial charge is 0.462 e. The van der Waals surface area contributed by atoms with Crippen LogP contribution in [0.1, 0.15) is 17.3 Å². The molecule has 0 N–H and O–H groups in total. The number of esters is 1. The van der Waals surface area contributed by atoms with Crippen LogP contribution < -0.4 is 0 Å². The van der Waals surface area contributed by atoms with Crippen LogP contribution >= 0.6 is 23.5 Å². The first-order chi connectivity index (χ1) is 9.63. The summed E-state index contributed by atoms with van der Waals surface area (Å²) in [5.41, 5.74) is 0.348. The van der Waals surface area contributed by atoms with E-state index in [-0.39, 0.29) is 17.7 Å². The third-order valence-corrected chi connectivity index (χ3v) is 5.28. The lowest BCUT2D eigenvalue weighted by molar-refractivity contribution is -0.138. The molecule has 0 aromatic heterocycles. The SMILES string of the molecule is CCOC(=O)C(C(=O)c1ccc(F)cc1)=C1SCCS1. The molecule has 20 heavy (non-hydrogen) atoms. The molecule has 0 atom stereocenters. The summed E-state index contributed by atoms with van der Waals surface area (Å²) in [4.78, 5) is 24.5. The maximum Gasteiger partial charge on any atom is 0.343 e. The van der Waals surface area contributed by atoms with E-state index < -0.39 is 17.6 Å². The van der Waals surface area contributed by atoms with Crippen LogP contribution in [-0.4, -0.2) is 29.9 Å². The number of benzene rings is 1. The summed E-state index contributed by atoms with van der Waals surface area (Å²) < 4.78 is 18.6. The summed E-state index contributed by atoms with van der Waals surface area (Å²) in [7, 11) is 0. The van der Waals surface area contributed by atoms with Crippen LogP contribution in [0.4, 0.5) is 4.39 Å². The van der Waals surface area contributed by atoms with Gasteiger partial charge < -0.3 is 4.74 Å². The van der Waals surface area contributed by atoms with E-state index in [9.17, 15) is 14.0 Å². The van der Waals surface area contributed by atoms with Crippen LogP contribution in [-0.2, 0) is 9.53 Å². The summed E-state index contributed by atoms with van der Waals surface area (Å²) in [5, 5.41) is 0. The number of rotatable bonds is 4. The third kappa shape index (κ3) is 3.43. The Hall–Kier alpha value is -1.27. The lowest BCUT2D eigenvalue weighted by Crippen LogP contribution is -2.17. The van der Waals surface area contributed by atoms with Gasteiger partial charge in [-0.15, -0.1) is 23.5 Å². The Bertz CT molecular complexity index is 544. The smallest absolute Gasteiger partial charge is 0.343 e. The Morgan fingerprint density at radius 1 is 1.20 bits per heavy atom. The van der Waals surface area contributed by atoms with Gasteiger partial charge in [0, 0.05) is 17.1 Å². The van der Waals surface area contributed by atoms with Gasteiger partial charge in [-0.1, -0.05) is 0 Å². The van der Waals surface area contributed by atoms with Crippen molar-refractivity contribution in [2.24, 2.45) is 0 Å². The molecule has 6 heteroatoms. The molecule has 0 aliphatic carbocycles. The highest BCUT2D eigenvalue weighted by Gasteiger charge is 2.28. The summed E-state index contributed by atoms with van der Waals surface area (Å²) in [5.74, 6) is 0.273. The van der Waals surface area contributed by atoms with Crippen LogP contribution in [0.15, 0.2) is 34.1 Å². The van der Waals surface area contributed by atoms with E-state index in [0.29, 0.717) is 4.24 Å². The number of thioether (sulfide) groups is 2. The average Bonchev–Trinajstić information content (AvgIpc) is 2.94. The number of Topliss-reactive ketones (excluding diaryl/α,β-unsaturated/α-hetero) is 1. The highest BCUT2D eigenvalue weighted by molar-refractivity contribution is 8.25. The standard InChI is InChI=1S/C14H13FO3S2/c1-2-18-13(17)11(14-19-7-8-20-14)12(16)9-3-5-10(15)6-4-9/h3-6H,2,7-8H2,1H3. The predicted octanol–water partition coefficient (Wildman–Crippen LogP) is 3.26. The van der Waals surface area contributed by atoms with Gasteiger partial charge in [0.1, 0.15) is 11.4 Å². The van der Waals surface area contributed by atoms with Gasteiger partial charge >= 0.3 is 5.97 Å². The van der Waals surface area contributed by atoms with Gasteiger partial charge in [-0.25, -0.2) is 9.18 Å². The van der Waals surface area contributed by atoms with Gasteiger partial charge in [-0.3, -0.25) is 4.79 Å². The maximum atomic E-state index is 12.9. The fourth-order valence-corrected chi connectivity index (χ4v) is 4.18. The molecule has 3 nitrogen and oxygen atoms in total. The van der Waals surface area contributed by atoms with Crippen LogP contribution in [0.3, 0.4) is 0 Å². The molecule has 1 aliphatic rings. The molecular weight excluding hydrogens is 299 g/mol. The van der Waals surface area contributed by atoms with Gasteiger partial charge in [-0.05, 0) is 31.2 Å². The minimum absolute atomic E-state index is 0.0611. The summed E-state index contributed by atoms with van der Waals surface area (Å²) in [6.45, 7) is 1.90. The first-order valence-electron chi connectivity index (χ1n) is 6.10. The average molecular weight is 312 g/mol. The molecule has 106 valence electrons. The highest BCUT2D eigenvalue weighted by Crippen LogP contribution is 2.39. The van der Waals surface area contributed by atoms with Crippen molar-refractivity contribution in [3.8, 4) is 0 Å². The number of ether oxygens (including phenoxy) is 1. The second kappa shape index (κ2) is 6.95. The molecule has 2 rings (SSSR count). The number of halogens is 1. The summed E-state index contributed by atoms with van der Waals surface area (Å²) >= 11 is 2.96. The molecule has 0 amide bonds. The van der Waals surface area contributed by atoms with Crippen molar-refractivity contribution in [1.82, 2.24) is 0 Å². The van der Waals surface area contributed by atoms with Crippen molar-refractivity contribution in [2.75, 3.05) is 18.1 Å². The second-order valence-corrected chi connectivity index (χ2v) is 6.38. The Morgan fingerprint density at radius 3 is 2.35 bits per heavy atom. The Labute approximate surface area is 125 Å². The Kier molecular flexibility index (Phi) is 5.25. The normalized spacial score (nSPS) is 14.2. The summed E-state index contributed by atoms with van der Waals surface area (Å²) in [6.07, 6.45) is 0. The lowest BCUT2D eigenvalue weighted by Gasteiger charge is -2.09. The number of carbonyl (C=O) groups excluding carboxylic acids is 2. The highest BCUT2D eigenvalue weighted by atomic mass is 32.2. The van der Waals surface area contributed by atoms with Crippen molar-refractivity contribution in [3.05, 3.63) is 45.5 Å². The molecule has 0 spiro atoms. The zero-order valence-corrected chi connectivity index (χ0v) is 12.5. The van der Waals surface area contributed by atoms with E-state index in [0.717, 1.165) is 11.5 Å². The first-order valence-corrected chi connectivity index (χ1v) is 8.08. The van der Waals surface area contributed by atoms with Gasteiger partial charge in [0.15, 0.2) is 0 Å². The predicted molar refractivity (Wildman–Crippen MR) is 79.3 cm³/mol. The minimum atomic E-state index is -0.612. The van der Waals surface area contributed by atoms with E-state index in [4.69, 9.17) is 4.74 Å². The molecule has 1 saturated heterocycles.